The van der Waals surface area contributed by atoms with Crippen LogP contribution < -0.4 is 11.1 Å². The number of benzene rings is 1. The number of carbonyl (C=O) groups is 1. The molecule has 0 aliphatic carbocycles. The zero-order valence-corrected chi connectivity index (χ0v) is 13.6. The summed E-state index contributed by atoms with van der Waals surface area (Å²) in [7, 11) is 0. The number of nitrogens with one attached hydrogen (secondary N) is 1. The van der Waals surface area contributed by atoms with Crippen LogP contribution in [0.25, 0.3) is 0 Å². The summed E-state index contributed by atoms with van der Waals surface area (Å²) in [6, 6.07) is 7.59. The molecule has 1 aromatic rings. The third kappa shape index (κ3) is 3.57. The standard InChI is InChI=1S/C18H27N3O2/c19-17(23)15-3-1-14(2-4-15)12-21-9-6-18(7-10-21)5-8-20-11-16(18)13-22/h1-4,16,20,22H,5-13H2,(H2,19,23). The largest absolute Gasteiger partial charge is 0.396 e. The fourth-order valence-electron chi connectivity index (χ4n) is 4.14. The first kappa shape index (κ1) is 16.4. The van der Waals surface area contributed by atoms with Crippen molar-refractivity contribution in [1.82, 2.24) is 10.2 Å². The maximum absolute atomic E-state index is 11.1. The van der Waals surface area contributed by atoms with E-state index in [1.165, 1.54) is 24.8 Å². The molecule has 2 aliphatic heterocycles. The molecule has 0 bridgehead atoms. The number of piperidine rings is 2. The minimum atomic E-state index is -0.377. The number of amides is 1. The molecule has 4 N–H and O–H groups in total. The molecule has 0 radical (unpaired) electrons. The molecule has 0 saturated carbocycles. The lowest BCUT2D eigenvalue weighted by molar-refractivity contribution is -0.00583. The zero-order valence-electron chi connectivity index (χ0n) is 13.6. The van der Waals surface area contributed by atoms with Crippen molar-refractivity contribution in [3.05, 3.63) is 35.4 Å². The monoisotopic (exact) mass is 317 g/mol. The van der Waals surface area contributed by atoms with E-state index in [2.05, 4.69) is 10.2 Å². The summed E-state index contributed by atoms with van der Waals surface area (Å²) in [5.41, 5.74) is 7.38. The first-order valence-electron chi connectivity index (χ1n) is 8.56. The fraction of sp³-hybridized carbons (Fsp3) is 0.611. The lowest BCUT2D eigenvalue weighted by Crippen LogP contribution is -2.52. The van der Waals surface area contributed by atoms with E-state index < -0.39 is 0 Å². The van der Waals surface area contributed by atoms with Crippen LogP contribution in [0, 0.1) is 11.3 Å². The summed E-state index contributed by atoms with van der Waals surface area (Å²) >= 11 is 0. The van der Waals surface area contributed by atoms with Gasteiger partial charge < -0.3 is 16.2 Å². The molecule has 2 heterocycles. The number of rotatable bonds is 4. The van der Waals surface area contributed by atoms with Crippen molar-refractivity contribution in [2.75, 3.05) is 32.8 Å². The van der Waals surface area contributed by atoms with Crippen molar-refractivity contribution in [3.63, 3.8) is 0 Å². The van der Waals surface area contributed by atoms with E-state index >= 15 is 0 Å². The number of aliphatic hydroxyl groups excluding tert-OH is 1. The molecular weight excluding hydrogens is 290 g/mol. The van der Waals surface area contributed by atoms with Gasteiger partial charge >= 0.3 is 0 Å². The van der Waals surface area contributed by atoms with Gasteiger partial charge in [-0.3, -0.25) is 9.69 Å². The molecule has 1 aromatic carbocycles. The van der Waals surface area contributed by atoms with Gasteiger partial charge in [0.05, 0.1) is 0 Å². The van der Waals surface area contributed by atoms with Gasteiger partial charge in [-0.05, 0) is 62.0 Å². The van der Waals surface area contributed by atoms with Crippen LogP contribution in [-0.4, -0.2) is 48.7 Å². The maximum atomic E-state index is 11.1. The van der Waals surface area contributed by atoms with Crippen molar-refractivity contribution in [1.29, 1.82) is 0 Å². The smallest absolute Gasteiger partial charge is 0.248 e. The Hall–Kier alpha value is -1.43. The van der Waals surface area contributed by atoms with E-state index in [1.807, 2.05) is 12.1 Å². The predicted molar refractivity (Wildman–Crippen MR) is 90.0 cm³/mol. The van der Waals surface area contributed by atoms with E-state index in [0.29, 0.717) is 23.5 Å². The second-order valence-corrected chi connectivity index (χ2v) is 7.03. The number of primary amides is 1. The molecule has 2 saturated heterocycles. The summed E-state index contributed by atoms with van der Waals surface area (Å²) in [4.78, 5) is 13.6. The Morgan fingerprint density at radius 3 is 2.57 bits per heavy atom. The van der Waals surface area contributed by atoms with Crippen molar-refractivity contribution in [3.8, 4) is 0 Å². The van der Waals surface area contributed by atoms with Crippen molar-refractivity contribution < 1.29 is 9.90 Å². The molecular formula is C18H27N3O2. The van der Waals surface area contributed by atoms with Gasteiger partial charge in [0.25, 0.3) is 0 Å². The number of aliphatic hydroxyl groups is 1. The van der Waals surface area contributed by atoms with Gasteiger partial charge in [-0.2, -0.15) is 0 Å². The number of likely N-dealkylation sites (tertiary alicyclic amines) is 1. The van der Waals surface area contributed by atoms with Crippen LogP contribution in [0.1, 0.15) is 35.2 Å². The topological polar surface area (TPSA) is 78.6 Å². The fourth-order valence-corrected chi connectivity index (χ4v) is 4.14. The molecule has 0 aromatic heterocycles. The van der Waals surface area contributed by atoms with Gasteiger partial charge in [0.1, 0.15) is 0 Å². The number of carbonyl (C=O) groups excluding carboxylic acids is 1. The van der Waals surface area contributed by atoms with Crippen LogP contribution in [0.15, 0.2) is 24.3 Å². The summed E-state index contributed by atoms with van der Waals surface area (Å²) in [6.07, 6.45) is 3.51. The number of nitrogens with zero attached hydrogens (tertiary/aromatic N) is 1. The van der Waals surface area contributed by atoms with Gasteiger partial charge in [-0.1, -0.05) is 12.1 Å². The summed E-state index contributed by atoms with van der Waals surface area (Å²) < 4.78 is 0. The van der Waals surface area contributed by atoms with E-state index in [1.54, 1.807) is 12.1 Å². The van der Waals surface area contributed by atoms with Crippen molar-refractivity contribution >= 4 is 5.91 Å². The highest BCUT2D eigenvalue weighted by molar-refractivity contribution is 5.92. The normalized spacial score (nSPS) is 24.7. The number of hydrogen-bond acceptors (Lipinski definition) is 4. The molecule has 126 valence electrons. The molecule has 1 spiro atoms. The highest BCUT2D eigenvalue weighted by Crippen LogP contribution is 2.43. The SMILES string of the molecule is NC(=O)c1ccc(CN2CCC3(CCNCC3CO)CC2)cc1. The summed E-state index contributed by atoms with van der Waals surface area (Å²) in [5.74, 6) is 0.0191. The summed E-state index contributed by atoms with van der Waals surface area (Å²) in [6.45, 7) is 5.39. The van der Waals surface area contributed by atoms with Gasteiger partial charge in [0.2, 0.25) is 5.91 Å². The Balaban J connectivity index is 1.57. The van der Waals surface area contributed by atoms with E-state index in [4.69, 9.17) is 5.73 Å². The molecule has 1 unspecified atom stereocenters. The van der Waals surface area contributed by atoms with Gasteiger partial charge in [0.15, 0.2) is 0 Å². The van der Waals surface area contributed by atoms with Crippen LogP contribution in [0.5, 0.6) is 0 Å². The number of nitrogens with two attached hydrogens (primary N) is 1. The minimum Gasteiger partial charge on any atom is -0.396 e. The quantitative estimate of drug-likeness (QED) is 0.773. The molecule has 1 amide bonds. The van der Waals surface area contributed by atoms with Gasteiger partial charge in [-0.25, -0.2) is 0 Å². The molecule has 1 atom stereocenters. The van der Waals surface area contributed by atoms with E-state index in [-0.39, 0.29) is 5.91 Å². The van der Waals surface area contributed by atoms with Gasteiger partial charge in [-0.15, -0.1) is 0 Å². The molecule has 3 rings (SSSR count). The third-order valence-corrected chi connectivity index (χ3v) is 5.77. The van der Waals surface area contributed by atoms with Crippen LogP contribution in [0.2, 0.25) is 0 Å². The lowest BCUT2D eigenvalue weighted by atomic mass is 9.65. The molecule has 5 heteroatoms. The lowest BCUT2D eigenvalue weighted by Gasteiger charge is -2.49. The van der Waals surface area contributed by atoms with Crippen molar-refractivity contribution in [2.45, 2.75) is 25.8 Å². The Labute approximate surface area is 137 Å². The highest BCUT2D eigenvalue weighted by Gasteiger charge is 2.42. The average molecular weight is 317 g/mol. The van der Waals surface area contributed by atoms with Crippen LogP contribution in [0.3, 0.4) is 0 Å². The van der Waals surface area contributed by atoms with E-state index in [0.717, 1.165) is 32.7 Å². The second kappa shape index (κ2) is 6.99. The van der Waals surface area contributed by atoms with E-state index in [9.17, 15) is 9.90 Å². The maximum Gasteiger partial charge on any atom is 0.248 e. The first-order chi connectivity index (χ1) is 11.1. The first-order valence-corrected chi connectivity index (χ1v) is 8.56. The Kier molecular flexibility index (Phi) is 4.99. The Bertz CT molecular complexity index is 536. The van der Waals surface area contributed by atoms with Gasteiger partial charge in [0, 0.05) is 31.2 Å². The van der Waals surface area contributed by atoms with Crippen LogP contribution >= 0.6 is 0 Å². The molecule has 23 heavy (non-hydrogen) atoms. The third-order valence-electron chi connectivity index (χ3n) is 5.77. The average Bonchev–Trinajstić information content (AvgIpc) is 2.58. The number of hydrogen-bond donors (Lipinski definition) is 3. The highest BCUT2D eigenvalue weighted by atomic mass is 16.3. The molecule has 5 nitrogen and oxygen atoms in total. The van der Waals surface area contributed by atoms with Crippen molar-refractivity contribution in [2.24, 2.45) is 17.1 Å². The molecule has 2 aliphatic rings. The minimum absolute atomic E-state index is 0.293. The van der Waals surface area contributed by atoms with Crippen LogP contribution in [0.4, 0.5) is 0 Å². The Morgan fingerprint density at radius 1 is 1.26 bits per heavy atom. The Morgan fingerprint density at radius 2 is 1.96 bits per heavy atom. The zero-order chi connectivity index (χ0) is 16.3. The predicted octanol–water partition coefficient (Wildman–Crippen LogP) is 0.970. The second-order valence-electron chi connectivity index (χ2n) is 7.03. The summed E-state index contributed by atoms with van der Waals surface area (Å²) in [5, 5.41) is 13.1. The molecule has 2 fully saturated rings. The van der Waals surface area contributed by atoms with Crippen LogP contribution in [-0.2, 0) is 6.54 Å².